The van der Waals surface area contributed by atoms with Crippen LogP contribution in [0, 0.1) is 11.8 Å². The maximum absolute atomic E-state index is 11.9. The average Bonchev–Trinajstić information content (AvgIpc) is 2.29. The van der Waals surface area contributed by atoms with Gasteiger partial charge >= 0.3 is 0 Å². The zero-order chi connectivity index (χ0) is 12.8. The summed E-state index contributed by atoms with van der Waals surface area (Å²) in [6, 6.07) is 0. The fourth-order valence-corrected chi connectivity index (χ4v) is 2.58. The van der Waals surface area contributed by atoms with Crippen LogP contribution in [0.25, 0.3) is 0 Å². The molecule has 4 nitrogen and oxygen atoms in total. The van der Waals surface area contributed by atoms with E-state index in [1.54, 1.807) is 6.08 Å². The quantitative estimate of drug-likeness (QED) is 0.790. The third-order valence-electron chi connectivity index (χ3n) is 3.91. The fraction of sp³-hybridized carbons (Fsp3) is 0.769. The molecule has 5 atom stereocenters. The van der Waals surface area contributed by atoms with E-state index in [0.717, 1.165) is 5.57 Å². The predicted molar refractivity (Wildman–Crippen MR) is 62.3 cm³/mol. The van der Waals surface area contributed by atoms with Gasteiger partial charge in [-0.15, -0.1) is 0 Å². The lowest BCUT2D eigenvalue weighted by molar-refractivity contribution is -0.313. The van der Waals surface area contributed by atoms with Crippen molar-refractivity contribution in [1.29, 1.82) is 0 Å². The molecule has 0 aromatic heterocycles. The van der Waals surface area contributed by atoms with Gasteiger partial charge < -0.3 is 14.6 Å². The standard InChI is InChI=1S/C13H20O4/c1-7(6-14)11-9(3)12-10(15)5-8(2)13(4,16-11)17-12/h5,7,9,11-12,14H,6H2,1-4H3/t7-,9-,11-,12-,13+/m1/s1. The first kappa shape index (κ1) is 12.7. The maximum Gasteiger partial charge on any atom is 0.189 e. The number of rotatable bonds is 2. The molecule has 2 heterocycles. The van der Waals surface area contributed by atoms with E-state index < -0.39 is 11.9 Å². The van der Waals surface area contributed by atoms with Crippen LogP contribution in [-0.2, 0) is 14.3 Å². The Morgan fingerprint density at radius 3 is 2.76 bits per heavy atom. The van der Waals surface area contributed by atoms with Gasteiger partial charge in [0.25, 0.3) is 0 Å². The summed E-state index contributed by atoms with van der Waals surface area (Å²) in [4.78, 5) is 11.9. The lowest BCUT2D eigenvalue weighted by atomic mass is 9.82. The van der Waals surface area contributed by atoms with Crippen LogP contribution in [0.4, 0.5) is 0 Å². The Morgan fingerprint density at radius 1 is 1.53 bits per heavy atom. The Labute approximate surface area is 102 Å². The van der Waals surface area contributed by atoms with Crippen LogP contribution < -0.4 is 0 Å². The number of aliphatic hydroxyl groups is 1. The zero-order valence-corrected chi connectivity index (χ0v) is 10.8. The number of hydrogen-bond donors (Lipinski definition) is 1. The van der Waals surface area contributed by atoms with E-state index in [1.807, 2.05) is 27.7 Å². The SMILES string of the molecule is CC1=CC(=O)[C@@H]2O[C@]1(C)O[C@H]([C@H](C)CO)[C@H]2C. The van der Waals surface area contributed by atoms with Gasteiger partial charge in [0.1, 0.15) is 6.10 Å². The highest BCUT2D eigenvalue weighted by Crippen LogP contribution is 2.41. The zero-order valence-electron chi connectivity index (χ0n) is 10.8. The second-order valence-corrected chi connectivity index (χ2v) is 5.32. The van der Waals surface area contributed by atoms with Crippen molar-refractivity contribution in [2.45, 2.75) is 45.7 Å². The second-order valence-electron chi connectivity index (χ2n) is 5.32. The summed E-state index contributed by atoms with van der Waals surface area (Å²) >= 11 is 0. The fourth-order valence-electron chi connectivity index (χ4n) is 2.58. The van der Waals surface area contributed by atoms with E-state index in [2.05, 4.69) is 0 Å². The molecule has 0 amide bonds. The van der Waals surface area contributed by atoms with Gasteiger partial charge in [0, 0.05) is 18.4 Å². The maximum atomic E-state index is 11.9. The van der Waals surface area contributed by atoms with Crippen molar-refractivity contribution in [3.8, 4) is 0 Å². The van der Waals surface area contributed by atoms with Gasteiger partial charge in [-0.25, -0.2) is 0 Å². The number of carbonyl (C=O) groups is 1. The van der Waals surface area contributed by atoms with Crippen molar-refractivity contribution in [1.82, 2.24) is 0 Å². The topological polar surface area (TPSA) is 55.8 Å². The second kappa shape index (κ2) is 4.19. The normalized spacial score (nSPS) is 43.2. The summed E-state index contributed by atoms with van der Waals surface area (Å²) in [6.07, 6.45) is 1.01. The van der Waals surface area contributed by atoms with Gasteiger partial charge in [-0.2, -0.15) is 0 Å². The summed E-state index contributed by atoms with van der Waals surface area (Å²) < 4.78 is 11.7. The van der Waals surface area contributed by atoms with Gasteiger partial charge in [0.2, 0.25) is 0 Å². The van der Waals surface area contributed by atoms with Crippen LogP contribution in [0.5, 0.6) is 0 Å². The van der Waals surface area contributed by atoms with E-state index in [1.165, 1.54) is 0 Å². The van der Waals surface area contributed by atoms with Gasteiger partial charge in [-0.1, -0.05) is 13.8 Å². The highest BCUT2D eigenvalue weighted by molar-refractivity contribution is 5.95. The molecule has 2 bridgehead atoms. The Bertz CT molecular complexity index is 362. The molecule has 4 heteroatoms. The summed E-state index contributed by atoms with van der Waals surface area (Å²) in [5, 5.41) is 9.26. The van der Waals surface area contributed by atoms with Crippen LogP contribution >= 0.6 is 0 Å². The minimum Gasteiger partial charge on any atom is -0.396 e. The van der Waals surface area contributed by atoms with Crippen LogP contribution in [0.15, 0.2) is 11.6 Å². The first-order valence-electron chi connectivity index (χ1n) is 6.08. The van der Waals surface area contributed by atoms with Crippen LogP contribution in [0.3, 0.4) is 0 Å². The third-order valence-corrected chi connectivity index (χ3v) is 3.91. The molecule has 0 aromatic rings. The van der Waals surface area contributed by atoms with Crippen LogP contribution in [-0.4, -0.2) is 35.5 Å². The molecule has 96 valence electrons. The van der Waals surface area contributed by atoms with Crippen molar-refractivity contribution in [3.05, 3.63) is 11.6 Å². The molecule has 0 radical (unpaired) electrons. The Hall–Kier alpha value is -0.710. The molecular weight excluding hydrogens is 220 g/mol. The first-order chi connectivity index (χ1) is 7.89. The van der Waals surface area contributed by atoms with E-state index in [0.29, 0.717) is 0 Å². The van der Waals surface area contributed by atoms with Crippen LogP contribution in [0.1, 0.15) is 27.7 Å². The number of aliphatic hydroxyl groups excluding tert-OH is 1. The number of fused-ring (bicyclic) bond motifs is 2. The van der Waals surface area contributed by atoms with Crippen molar-refractivity contribution >= 4 is 5.78 Å². The lowest BCUT2D eigenvalue weighted by Crippen LogP contribution is -2.58. The van der Waals surface area contributed by atoms with E-state index in [9.17, 15) is 9.90 Å². The number of ketones is 1. The van der Waals surface area contributed by atoms with Crippen molar-refractivity contribution in [2.24, 2.45) is 11.8 Å². The lowest BCUT2D eigenvalue weighted by Gasteiger charge is -2.49. The summed E-state index contributed by atoms with van der Waals surface area (Å²) in [5.41, 5.74) is 0.792. The number of carbonyl (C=O) groups excluding carboxylic acids is 1. The minimum absolute atomic E-state index is 0.00516. The van der Waals surface area contributed by atoms with Crippen LogP contribution in [0.2, 0.25) is 0 Å². The molecule has 0 aliphatic carbocycles. The molecule has 2 aliphatic rings. The molecule has 2 aliphatic heterocycles. The Kier molecular flexibility index (Phi) is 3.14. The molecule has 0 spiro atoms. The Balaban J connectivity index is 2.34. The summed E-state index contributed by atoms with van der Waals surface area (Å²) in [6.45, 7) is 7.59. The monoisotopic (exact) mass is 240 g/mol. The first-order valence-corrected chi connectivity index (χ1v) is 6.08. The van der Waals surface area contributed by atoms with E-state index >= 15 is 0 Å². The summed E-state index contributed by atoms with van der Waals surface area (Å²) in [5.74, 6) is -0.860. The molecular formula is C13H20O4. The highest BCUT2D eigenvalue weighted by Gasteiger charge is 2.50. The van der Waals surface area contributed by atoms with Gasteiger partial charge in [0.05, 0.1) is 6.10 Å². The van der Waals surface area contributed by atoms with Crippen molar-refractivity contribution < 1.29 is 19.4 Å². The van der Waals surface area contributed by atoms with Crippen molar-refractivity contribution in [3.63, 3.8) is 0 Å². The van der Waals surface area contributed by atoms with E-state index in [4.69, 9.17) is 9.47 Å². The largest absolute Gasteiger partial charge is 0.396 e. The molecule has 2 rings (SSSR count). The Morgan fingerprint density at radius 2 is 2.18 bits per heavy atom. The van der Waals surface area contributed by atoms with Gasteiger partial charge in [-0.05, 0) is 25.5 Å². The van der Waals surface area contributed by atoms with Gasteiger partial charge in [-0.3, -0.25) is 4.79 Å². The summed E-state index contributed by atoms with van der Waals surface area (Å²) in [7, 11) is 0. The highest BCUT2D eigenvalue weighted by atomic mass is 16.7. The molecule has 0 unspecified atom stereocenters. The minimum atomic E-state index is -0.820. The molecule has 1 fully saturated rings. The molecule has 0 saturated carbocycles. The third kappa shape index (κ3) is 1.94. The molecule has 1 N–H and O–H groups in total. The van der Waals surface area contributed by atoms with E-state index in [-0.39, 0.29) is 30.3 Å². The molecule has 0 aromatic carbocycles. The number of ether oxygens (including phenoxy) is 2. The molecule has 17 heavy (non-hydrogen) atoms. The van der Waals surface area contributed by atoms with Crippen molar-refractivity contribution in [2.75, 3.05) is 6.61 Å². The predicted octanol–water partition coefficient (Wildman–Crippen LogP) is 1.28. The molecule has 1 saturated heterocycles. The average molecular weight is 240 g/mol. The smallest absolute Gasteiger partial charge is 0.189 e. The number of hydrogen-bond acceptors (Lipinski definition) is 4. The van der Waals surface area contributed by atoms with Gasteiger partial charge in [0.15, 0.2) is 11.6 Å².